The van der Waals surface area contributed by atoms with Gasteiger partial charge in [-0.2, -0.15) is 0 Å². The first-order valence-corrected chi connectivity index (χ1v) is 13.5. The van der Waals surface area contributed by atoms with Crippen LogP contribution in [0, 0.1) is 17.8 Å². The van der Waals surface area contributed by atoms with E-state index in [1.165, 1.54) is 22.4 Å². The number of aromatic nitrogens is 1. The number of halogens is 3. The highest BCUT2D eigenvalue weighted by molar-refractivity contribution is 9.10. The van der Waals surface area contributed by atoms with Gasteiger partial charge in [0, 0.05) is 51.7 Å². The van der Waals surface area contributed by atoms with Crippen LogP contribution in [-0.2, 0) is 22.4 Å². The number of carbonyl (C=O) groups excluding carboxylic acids is 1. The van der Waals surface area contributed by atoms with E-state index in [1.54, 1.807) is 0 Å². The van der Waals surface area contributed by atoms with Gasteiger partial charge < -0.3 is 9.64 Å². The van der Waals surface area contributed by atoms with Crippen LogP contribution in [0.3, 0.4) is 0 Å². The van der Waals surface area contributed by atoms with Crippen LogP contribution in [0.4, 0.5) is 0 Å². The molecule has 7 heteroatoms. The average Bonchev–Trinajstić information content (AvgIpc) is 3.31. The molecule has 3 heterocycles. The summed E-state index contributed by atoms with van der Waals surface area (Å²) in [6.07, 6.45) is 7.06. The van der Waals surface area contributed by atoms with Crippen molar-refractivity contribution in [1.82, 2.24) is 9.88 Å². The van der Waals surface area contributed by atoms with Crippen LogP contribution >= 0.6 is 43.5 Å². The summed E-state index contributed by atoms with van der Waals surface area (Å²) in [5.41, 5.74) is 5.14. The van der Waals surface area contributed by atoms with Gasteiger partial charge in [-0.1, -0.05) is 27.5 Å². The lowest BCUT2D eigenvalue weighted by molar-refractivity contribution is -0.135. The predicted molar refractivity (Wildman–Crippen MR) is 131 cm³/mol. The summed E-state index contributed by atoms with van der Waals surface area (Å²) in [5.74, 6) is 1.56. The molecular formula is C25H25Br2ClN2O2. The Hall–Kier alpha value is -0.950. The van der Waals surface area contributed by atoms with Crippen molar-refractivity contribution in [2.45, 2.75) is 44.1 Å². The number of likely N-dealkylation sites (tertiary alicyclic amines) is 1. The number of ether oxygens (including phenoxy) is 1. The molecule has 3 fully saturated rings. The summed E-state index contributed by atoms with van der Waals surface area (Å²) in [5, 5.41) is 0.770. The quantitative estimate of drug-likeness (QED) is 0.454. The smallest absolute Gasteiger partial charge is 0.228 e. The summed E-state index contributed by atoms with van der Waals surface area (Å²) in [6, 6.07) is 6.36. The second kappa shape index (κ2) is 8.37. The van der Waals surface area contributed by atoms with E-state index in [1.807, 2.05) is 12.3 Å². The molecule has 4 aliphatic rings. The fourth-order valence-corrected chi connectivity index (χ4v) is 7.77. The molecule has 2 aliphatic carbocycles. The minimum absolute atomic E-state index is 0.120. The molecule has 6 rings (SSSR count). The SMILES string of the molecule is O=C([C@H]1[C@H]2CCO[C@H]21)N1CCC([C@H]2c3ncc(Br)cc3CCc3cc(Cl)cc(Br)c32)CC1. The number of rotatable bonds is 2. The highest BCUT2D eigenvalue weighted by Gasteiger charge is 2.59. The molecule has 4 nitrogen and oxygen atoms in total. The molecule has 168 valence electrons. The normalized spacial score (nSPS) is 29.2. The lowest BCUT2D eigenvalue weighted by Gasteiger charge is -2.37. The number of carbonyl (C=O) groups is 1. The van der Waals surface area contributed by atoms with Crippen molar-refractivity contribution in [3.63, 3.8) is 0 Å². The highest BCUT2D eigenvalue weighted by Crippen LogP contribution is 2.51. The van der Waals surface area contributed by atoms with Gasteiger partial charge in [-0.05, 0) is 88.8 Å². The van der Waals surface area contributed by atoms with Crippen molar-refractivity contribution >= 4 is 49.4 Å². The maximum atomic E-state index is 13.0. The average molecular weight is 581 g/mol. The number of amides is 1. The van der Waals surface area contributed by atoms with E-state index >= 15 is 0 Å². The van der Waals surface area contributed by atoms with Crippen LogP contribution in [0.1, 0.15) is 47.6 Å². The van der Waals surface area contributed by atoms with Crippen molar-refractivity contribution in [2.24, 2.45) is 17.8 Å². The van der Waals surface area contributed by atoms with Gasteiger partial charge in [0.2, 0.25) is 5.91 Å². The fraction of sp³-hybridized carbons (Fsp3) is 0.520. The fourth-order valence-electron chi connectivity index (χ4n) is 6.27. The van der Waals surface area contributed by atoms with Crippen molar-refractivity contribution in [2.75, 3.05) is 19.7 Å². The minimum Gasteiger partial charge on any atom is -0.377 e. The van der Waals surface area contributed by atoms with E-state index in [-0.39, 0.29) is 17.9 Å². The van der Waals surface area contributed by atoms with Gasteiger partial charge in [-0.25, -0.2) is 0 Å². The second-order valence-electron chi connectivity index (χ2n) is 9.61. The van der Waals surface area contributed by atoms with E-state index in [9.17, 15) is 4.79 Å². The lowest BCUT2D eigenvalue weighted by atomic mass is 9.76. The molecule has 1 aromatic heterocycles. The third-order valence-corrected chi connectivity index (χ3v) is 9.19. The molecule has 2 aromatic rings. The van der Waals surface area contributed by atoms with Crippen LogP contribution in [0.2, 0.25) is 5.02 Å². The molecule has 4 atom stereocenters. The highest BCUT2D eigenvalue weighted by atomic mass is 79.9. The number of hydrogen-bond donors (Lipinski definition) is 0. The number of aryl methyl sites for hydroxylation is 2. The van der Waals surface area contributed by atoms with Crippen molar-refractivity contribution in [3.8, 4) is 0 Å². The van der Waals surface area contributed by atoms with E-state index in [0.29, 0.717) is 17.7 Å². The number of fused-ring (bicyclic) bond motifs is 3. The molecule has 0 radical (unpaired) electrons. The second-order valence-corrected chi connectivity index (χ2v) is 11.8. The summed E-state index contributed by atoms with van der Waals surface area (Å²) < 4.78 is 7.81. The Bertz CT molecular complexity index is 1080. The zero-order valence-corrected chi connectivity index (χ0v) is 21.6. The largest absolute Gasteiger partial charge is 0.377 e. The first kappa shape index (κ1) is 21.6. The van der Waals surface area contributed by atoms with Gasteiger partial charge in [-0.15, -0.1) is 0 Å². The molecule has 0 unspecified atom stereocenters. The third-order valence-electron chi connectivity index (χ3n) is 7.88. The van der Waals surface area contributed by atoms with Gasteiger partial charge in [0.25, 0.3) is 0 Å². The molecule has 1 aromatic carbocycles. The van der Waals surface area contributed by atoms with Crippen molar-refractivity contribution < 1.29 is 9.53 Å². The molecule has 0 N–H and O–H groups in total. The van der Waals surface area contributed by atoms with Crippen molar-refractivity contribution in [1.29, 1.82) is 0 Å². The van der Waals surface area contributed by atoms with Gasteiger partial charge in [0.15, 0.2) is 0 Å². The van der Waals surface area contributed by atoms with Crippen LogP contribution in [0.15, 0.2) is 33.3 Å². The summed E-state index contributed by atoms with van der Waals surface area (Å²) in [4.78, 5) is 20.1. The molecule has 0 spiro atoms. The Balaban J connectivity index is 1.29. The zero-order chi connectivity index (χ0) is 22.0. The maximum absolute atomic E-state index is 13.0. The number of hydrogen-bond acceptors (Lipinski definition) is 3. The topological polar surface area (TPSA) is 42.4 Å². The number of piperidine rings is 1. The van der Waals surface area contributed by atoms with Crippen molar-refractivity contribution in [3.05, 3.63) is 60.7 Å². The zero-order valence-electron chi connectivity index (χ0n) is 17.7. The molecule has 1 saturated carbocycles. The molecule has 2 saturated heterocycles. The van der Waals surface area contributed by atoms with Gasteiger partial charge >= 0.3 is 0 Å². The maximum Gasteiger partial charge on any atom is 0.228 e. The standard InChI is InChI=1S/C25H25Br2ClN2O2/c26-16-9-15-2-1-14-10-17(28)11-19(27)20(14)21(23(15)29-12-16)13-3-6-30(7-4-13)25(31)22-18-5-8-32-24(18)22/h9-13,18,21-22,24H,1-8H2/t18-,21-,22+,24-/m1/s1. The summed E-state index contributed by atoms with van der Waals surface area (Å²) >= 11 is 13.9. The van der Waals surface area contributed by atoms with Crippen LogP contribution < -0.4 is 0 Å². The third kappa shape index (κ3) is 3.66. The first-order chi connectivity index (χ1) is 15.5. The van der Waals surface area contributed by atoms with Crippen LogP contribution in [0.25, 0.3) is 0 Å². The molecule has 2 aliphatic heterocycles. The van der Waals surface area contributed by atoms with E-state index < -0.39 is 0 Å². The van der Waals surface area contributed by atoms with Crippen LogP contribution in [0.5, 0.6) is 0 Å². The Kier molecular flexibility index (Phi) is 5.64. The monoisotopic (exact) mass is 578 g/mol. The molecule has 0 bridgehead atoms. The Morgan fingerprint density at radius 3 is 2.62 bits per heavy atom. The van der Waals surface area contributed by atoms with Gasteiger partial charge in [0.05, 0.1) is 17.7 Å². The molecule has 1 amide bonds. The molecule has 32 heavy (non-hydrogen) atoms. The first-order valence-electron chi connectivity index (χ1n) is 11.5. The molecular weight excluding hydrogens is 556 g/mol. The van der Waals surface area contributed by atoms with Crippen LogP contribution in [-0.4, -0.2) is 41.6 Å². The summed E-state index contributed by atoms with van der Waals surface area (Å²) in [6.45, 7) is 2.47. The van der Waals surface area contributed by atoms with E-state index in [0.717, 1.165) is 65.8 Å². The Morgan fingerprint density at radius 1 is 1.09 bits per heavy atom. The summed E-state index contributed by atoms with van der Waals surface area (Å²) in [7, 11) is 0. The number of pyridine rings is 1. The number of benzene rings is 1. The van der Waals surface area contributed by atoms with E-state index in [2.05, 4.69) is 48.9 Å². The Morgan fingerprint density at radius 2 is 1.88 bits per heavy atom. The lowest BCUT2D eigenvalue weighted by Crippen LogP contribution is -2.41. The van der Waals surface area contributed by atoms with E-state index in [4.69, 9.17) is 21.3 Å². The Labute approximate surface area is 210 Å². The van der Waals surface area contributed by atoms with Gasteiger partial charge in [0.1, 0.15) is 0 Å². The number of nitrogens with zero attached hydrogens (tertiary/aromatic N) is 2. The van der Waals surface area contributed by atoms with Gasteiger partial charge in [-0.3, -0.25) is 9.78 Å². The predicted octanol–water partition coefficient (Wildman–Crippen LogP) is 5.76. The minimum atomic E-state index is 0.120.